The number of pyridine rings is 1. The van der Waals surface area contributed by atoms with Crippen LogP contribution in [0.25, 0.3) is 21.7 Å². The lowest BCUT2D eigenvalue weighted by atomic mass is 10.0. The predicted octanol–water partition coefficient (Wildman–Crippen LogP) is 5.42. The summed E-state index contributed by atoms with van der Waals surface area (Å²) in [6, 6.07) is 20.0. The van der Waals surface area contributed by atoms with Crippen molar-refractivity contribution in [2.24, 2.45) is 5.92 Å². The Morgan fingerprint density at radius 1 is 0.892 bits per heavy atom. The van der Waals surface area contributed by atoms with Gasteiger partial charge in [0.1, 0.15) is 31.0 Å². The molecule has 4 aromatic heterocycles. The number of β-amino-alcohol motifs (C(OH)–C–C–N with tert-alkyl or cyclic N) is 1. The highest BCUT2D eigenvalue weighted by Gasteiger charge is 2.44. The van der Waals surface area contributed by atoms with Gasteiger partial charge in [-0.2, -0.15) is 5.10 Å². The van der Waals surface area contributed by atoms with Gasteiger partial charge in [-0.15, -0.1) is 21.5 Å². The van der Waals surface area contributed by atoms with Crippen LogP contribution in [0, 0.1) is 12.8 Å². The van der Waals surface area contributed by atoms with Crippen molar-refractivity contribution < 1.29 is 29.3 Å². The second-order valence-corrected chi connectivity index (χ2v) is 21.2. The number of carbonyl (C=O) groups is 2. The fraction of sp³-hybridized carbons (Fsp3) is 0.463. The van der Waals surface area contributed by atoms with Crippen molar-refractivity contribution in [2.45, 2.75) is 83.3 Å². The molecule has 0 saturated carbocycles. The quantitative estimate of drug-likeness (QED) is 0.0845. The van der Waals surface area contributed by atoms with E-state index in [0.29, 0.717) is 41.9 Å². The van der Waals surface area contributed by atoms with Gasteiger partial charge in [0, 0.05) is 101 Å². The van der Waals surface area contributed by atoms with E-state index in [1.54, 1.807) is 40.5 Å². The number of nitrogens with one attached hydrogen (secondary N) is 1. The molecule has 0 spiro atoms. The van der Waals surface area contributed by atoms with Gasteiger partial charge in [0.25, 0.3) is 0 Å². The SMILES string of the molecule is Cc1ncsc1-c1ccc([C@H](C)NC(=O)[C@H]2C[C@@H](O)CN2C(=O)[C@@H](C(C)C)n2cc(OCCN3CCN(CCOc4cc(N5C6CCC5CN(c5cc(-c7ccccc7O)nnc5N)C6)ccn4)CC3)cn2)cc1. The first-order valence-electron chi connectivity index (χ1n) is 25.8. The Morgan fingerprint density at radius 2 is 1.61 bits per heavy atom. The summed E-state index contributed by atoms with van der Waals surface area (Å²) in [6.45, 7) is 15.7. The van der Waals surface area contributed by atoms with E-state index in [4.69, 9.17) is 15.2 Å². The molecule has 8 heterocycles. The predicted molar refractivity (Wildman–Crippen MR) is 284 cm³/mol. The van der Waals surface area contributed by atoms with Gasteiger partial charge in [0.05, 0.1) is 52.0 Å². The van der Waals surface area contributed by atoms with Gasteiger partial charge in [0.2, 0.25) is 17.7 Å². The lowest BCUT2D eigenvalue weighted by Crippen LogP contribution is -2.54. The van der Waals surface area contributed by atoms with E-state index in [9.17, 15) is 19.8 Å². The van der Waals surface area contributed by atoms with E-state index in [2.05, 4.69) is 62.3 Å². The number of carbonyl (C=O) groups excluding carboxylic acids is 2. The van der Waals surface area contributed by atoms with Crippen molar-refractivity contribution in [1.29, 1.82) is 0 Å². The molecule has 20 heteroatoms. The lowest BCUT2D eigenvalue weighted by molar-refractivity contribution is -0.142. The fourth-order valence-electron chi connectivity index (χ4n) is 11.1. The number of anilines is 3. The summed E-state index contributed by atoms with van der Waals surface area (Å²) < 4.78 is 14.0. The minimum absolute atomic E-state index is 0.0728. The van der Waals surface area contributed by atoms with Crippen LogP contribution in [0.3, 0.4) is 0 Å². The molecular weight excluding hydrogens is 959 g/mol. The van der Waals surface area contributed by atoms with Crippen molar-refractivity contribution in [3.63, 3.8) is 0 Å². The molecule has 19 nitrogen and oxygen atoms in total. The Balaban J connectivity index is 0.655. The molecule has 2 aromatic carbocycles. The first-order valence-corrected chi connectivity index (χ1v) is 26.7. The van der Waals surface area contributed by atoms with Crippen LogP contribution in [0.5, 0.6) is 17.4 Å². The van der Waals surface area contributed by atoms with Gasteiger partial charge in [-0.1, -0.05) is 50.2 Å². The summed E-state index contributed by atoms with van der Waals surface area (Å²) in [7, 11) is 0. The molecule has 4 aliphatic rings. The number of nitrogens with zero attached hydrogens (tertiary/aromatic N) is 11. The number of nitrogens with two attached hydrogens (primary N) is 1. The molecule has 0 radical (unpaired) electrons. The highest BCUT2D eigenvalue weighted by molar-refractivity contribution is 7.13. The highest BCUT2D eigenvalue weighted by atomic mass is 32.1. The number of hydrogen-bond donors (Lipinski definition) is 4. The topological polar surface area (TPSA) is 217 Å². The number of piperazine rings is 2. The number of benzene rings is 2. The van der Waals surface area contributed by atoms with E-state index in [1.165, 1.54) is 4.90 Å². The molecule has 10 rings (SSSR count). The Bertz CT molecular complexity index is 2880. The number of ether oxygens (including phenoxy) is 2. The van der Waals surface area contributed by atoms with Crippen LogP contribution >= 0.6 is 11.3 Å². The highest BCUT2D eigenvalue weighted by Crippen LogP contribution is 2.40. The average molecular weight is 1030 g/mol. The van der Waals surface area contributed by atoms with Crippen LogP contribution in [0.15, 0.2) is 90.8 Å². The minimum atomic E-state index is -0.810. The number of nitrogen functional groups attached to an aromatic ring is 1. The third-order valence-corrected chi connectivity index (χ3v) is 16.0. The van der Waals surface area contributed by atoms with Crippen molar-refractivity contribution in [1.82, 2.24) is 50.0 Å². The number of aromatic hydroxyl groups is 1. The summed E-state index contributed by atoms with van der Waals surface area (Å²) in [5.41, 5.74) is 14.4. The van der Waals surface area contributed by atoms with Crippen molar-refractivity contribution in [3.05, 3.63) is 102 Å². The molecule has 5 N–H and O–H groups in total. The summed E-state index contributed by atoms with van der Waals surface area (Å²) in [4.78, 5) is 49.2. The van der Waals surface area contributed by atoms with Gasteiger partial charge >= 0.3 is 0 Å². The zero-order valence-corrected chi connectivity index (χ0v) is 43.4. The normalized spacial score (nSPS) is 21.0. The van der Waals surface area contributed by atoms with Crippen LogP contribution in [-0.2, 0) is 9.59 Å². The number of fused-ring (bicyclic) bond motifs is 2. The second kappa shape index (κ2) is 22.3. The van der Waals surface area contributed by atoms with E-state index in [-0.39, 0.29) is 54.6 Å². The first-order chi connectivity index (χ1) is 35.9. The Hall–Kier alpha value is -6.87. The zero-order chi connectivity index (χ0) is 51.5. The number of phenolic OH excluding ortho intramolecular Hbond substituents is 1. The third-order valence-electron chi connectivity index (χ3n) is 15.0. The van der Waals surface area contributed by atoms with Crippen molar-refractivity contribution >= 4 is 40.3 Å². The molecule has 390 valence electrons. The van der Waals surface area contributed by atoms with Crippen LogP contribution in [0.1, 0.15) is 63.4 Å². The number of hydrogen-bond acceptors (Lipinski definition) is 17. The largest absolute Gasteiger partial charge is 0.507 e. The number of phenols is 1. The molecule has 6 atom stereocenters. The maximum absolute atomic E-state index is 14.3. The number of aliphatic hydroxyl groups is 1. The van der Waals surface area contributed by atoms with Crippen LogP contribution in [0.4, 0.5) is 17.2 Å². The molecule has 2 amide bonds. The number of aliphatic hydroxyl groups excluding tert-OH is 1. The maximum Gasteiger partial charge on any atom is 0.248 e. The van der Waals surface area contributed by atoms with E-state index in [0.717, 1.165) is 98.3 Å². The number of thiazole rings is 1. The Kier molecular flexibility index (Phi) is 15.3. The van der Waals surface area contributed by atoms with Gasteiger partial charge in [-0.25, -0.2) is 9.97 Å². The third kappa shape index (κ3) is 11.1. The fourth-order valence-corrected chi connectivity index (χ4v) is 11.9. The number of para-hydroxylation sites is 1. The average Bonchev–Trinajstić information content (AvgIpc) is 4.20. The zero-order valence-electron chi connectivity index (χ0n) is 42.5. The van der Waals surface area contributed by atoms with Crippen molar-refractivity contribution in [2.75, 3.05) is 87.7 Å². The monoisotopic (exact) mass is 1030 g/mol. The molecule has 4 saturated heterocycles. The number of amides is 2. The van der Waals surface area contributed by atoms with Crippen LogP contribution < -0.4 is 30.3 Å². The maximum atomic E-state index is 14.3. The van der Waals surface area contributed by atoms with Crippen molar-refractivity contribution in [3.8, 4) is 39.1 Å². The number of aromatic nitrogens is 6. The summed E-state index contributed by atoms with van der Waals surface area (Å²) in [6.07, 6.45) is 6.71. The molecule has 2 unspecified atom stereocenters. The molecule has 0 aliphatic carbocycles. The molecule has 74 heavy (non-hydrogen) atoms. The molecule has 6 aromatic rings. The van der Waals surface area contributed by atoms with Gasteiger partial charge < -0.3 is 45.4 Å². The van der Waals surface area contributed by atoms with Crippen LogP contribution in [-0.4, -0.2) is 163 Å². The summed E-state index contributed by atoms with van der Waals surface area (Å²) in [5.74, 6) is 1.03. The number of likely N-dealkylation sites (tertiary alicyclic amines) is 1. The van der Waals surface area contributed by atoms with E-state index in [1.807, 2.05) is 81.9 Å². The molecule has 2 bridgehead atoms. The lowest BCUT2D eigenvalue weighted by Gasteiger charge is -2.43. The smallest absolute Gasteiger partial charge is 0.248 e. The Morgan fingerprint density at radius 3 is 2.30 bits per heavy atom. The first kappa shape index (κ1) is 50.7. The van der Waals surface area contributed by atoms with Crippen LogP contribution in [0.2, 0.25) is 0 Å². The molecule has 4 fully saturated rings. The molecule has 4 aliphatic heterocycles. The van der Waals surface area contributed by atoms with Gasteiger partial charge in [-0.3, -0.25) is 24.1 Å². The van der Waals surface area contributed by atoms with E-state index < -0.39 is 18.2 Å². The van der Waals surface area contributed by atoms with E-state index >= 15 is 0 Å². The standard InChI is InChI=1S/C54H67N13O6S/c1-34(2)50(54(71)65-31-42(68)26-47(65)53(70)59-35(3)37-9-11-38(12-10-37)51-36(4)57-33-74-51)66-32-43(28-58-66)72-23-21-62-17-19-63(20-18-62)22-24-73-49-25-39(15-16-56-49)67-40-13-14-41(67)30-64(29-40)46-27-45(60-61-52(46)55)44-7-5-6-8-48(44)69/h5-12,15-16,25,27-28,32-35,40-42,47,50,68-69H,13-14,17-24,26,29-31H2,1-4H3,(H2,55,61)(H,59,70)/t35-,40?,41?,42+,47+,50+/m0/s1. The molecular formula is C54H67N13O6S. The minimum Gasteiger partial charge on any atom is -0.507 e. The Labute approximate surface area is 435 Å². The summed E-state index contributed by atoms with van der Waals surface area (Å²) >= 11 is 1.59. The second-order valence-electron chi connectivity index (χ2n) is 20.3. The van der Waals surface area contributed by atoms with Gasteiger partial charge in [-0.05, 0) is 68.0 Å². The number of aryl methyl sites for hydroxylation is 1. The van der Waals surface area contributed by atoms with Gasteiger partial charge in [0.15, 0.2) is 11.6 Å². The summed E-state index contributed by atoms with van der Waals surface area (Å²) in [5, 5.41) is 37.4. The number of rotatable bonds is 18.